The highest BCUT2D eigenvalue weighted by Gasteiger charge is 2.19. The quantitative estimate of drug-likeness (QED) is 0.685. The van der Waals surface area contributed by atoms with Gasteiger partial charge in [-0.05, 0) is 26.2 Å². The molecule has 1 saturated carbocycles. The fourth-order valence-corrected chi connectivity index (χ4v) is 2.08. The first-order valence-corrected chi connectivity index (χ1v) is 5.23. The average molecular weight is 186 g/mol. The minimum Gasteiger partial charge on any atom is -0.383 e. The molecule has 0 aromatic carbocycles. The van der Waals surface area contributed by atoms with Crippen LogP contribution in [0.4, 0.5) is 0 Å². The molecular formula is C10H22N2O. The van der Waals surface area contributed by atoms with E-state index >= 15 is 0 Å². The van der Waals surface area contributed by atoms with Gasteiger partial charge in [0.15, 0.2) is 0 Å². The van der Waals surface area contributed by atoms with E-state index in [4.69, 9.17) is 10.5 Å². The van der Waals surface area contributed by atoms with E-state index in [-0.39, 0.29) is 0 Å². The van der Waals surface area contributed by atoms with Gasteiger partial charge in [-0.2, -0.15) is 0 Å². The van der Waals surface area contributed by atoms with Crippen LogP contribution in [0, 0.1) is 0 Å². The lowest BCUT2D eigenvalue weighted by Crippen LogP contribution is -2.44. The molecule has 0 bridgehead atoms. The molecule has 0 amide bonds. The zero-order chi connectivity index (χ0) is 9.68. The second-order valence-electron chi connectivity index (χ2n) is 4.15. The minimum absolute atomic E-state index is 0.404. The molecular weight excluding hydrogens is 164 g/mol. The lowest BCUT2D eigenvalue weighted by molar-refractivity contribution is 0.160. The molecule has 1 aliphatic carbocycles. The Labute approximate surface area is 81.0 Å². The fraction of sp³-hybridized carbons (Fsp3) is 1.00. The van der Waals surface area contributed by atoms with E-state index in [0.717, 1.165) is 13.0 Å². The van der Waals surface area contributed by atoms with E-state index in [1.165, 1.54) is 19.3 Å². The Morgan fingerprint density at radius 2 is 2.31 bits per heavy atom. The van der Waals surface area contributed by atoms with Crippen molar-refractivity contribution in [2.75, 3.05) is 13.7 Å². The maximum absolute atomic E-state index is 5.90. The highest BCUT2D eigenvalue weighted by molar-refractivity contribution is 4.81. The minimum atomic E-state index is 0.404. The maximum atomic E-state index is 5.90. The third-order valence-corrected chi connectivity index (χ3v) is 2.65. The largest absolute Gasteiger partial charge is 0.383 e. The van der Waals surface area contributed by atoms with Gasteiger partial charge in [-0.3, -0.25) is 0 Å². The Hall–Kier alpha value is -0.120. The van der Waals surface area contributed by atoms with Gasteiger partial charge in [0.25, 0.3) is 0 Å². The molecule has 13 heavy (non-hydrogen) atoms. The molecule has 0 spiro atoms. The summed E-state index contributed by atoms with van der Waals surface area (Å²) in [5.74, 6) is 0. The number of nitrogens with two attached hydrogens (primary N) is 1. The molecule has 3 N–H and O–H groups in total. The topological polar surface area (TPSA) is 47.3 Å². The van der Waals surface area contributed by atoms with Crippen LogP contribution >= 0.6 is 0 Å². The van der Waals surface area contributed by atoms with Crippen LogP contribution in [-0.4, -0.2) is 31.8 Å². The monoisotopic (exact) mass is 186 g/mol. The third-order valence-electron chi connectivity index (χ3n) is 2.65. The number of methoxy groups -OCH3 is 1. The molecule has 3 heteroatoms. The van der Waals surface area contributed by atoms with Gasteiger partial charge >= 0.3 is 0 Å². The van der Waals surface area contributed by atoms with Crippen molar-refractivity contribution in [1.29, 1.82) is 0 Å². The van der Waals surface area contributed by atoms with Crippen LogP contribution in [0.1, 0.15) is 32.6 Å². The van der Waals surface area contributed by atoms with E-state index in [9.17, 15) is 0 Å². The summed E-state index contributed by atoms with van der Waals surface area (Å²) in [4.78, 5) is 0. The van der Waals surface area contributed by atoms with Crippen molar-refractivity contribution in [3.8, 4) is 0 Å². The van der Waals surface area contributed by atoms with Gasteiger partial charge < -0.3 is 15.8 Å². The molecule has 1 aliphatic rings. The van der Waals surface area contributed by atoms with Crippen LogP contribution in [0.3, 0.4) is 0 Å². The van der Waals surface area contributed by atoms with E-state index in [0.29, 0.717) is 18.1 Å². The maximum Gasteiger partial charge on any atom is 0.0613 e. The average Bonchev–Trinajstić information content (AvgIpc) is 2.04. The lowest BCUT2D eigenvalue weighted by Gasteiger charge is -2.29. The summed E-state index contributed by atoms with van der Waals surface area (Å²) in [5, 5.41) is 3.55. The summed E-state index contributed by atoms with van der Waals surface area (Å²) < 4.78 is 5.08. The van der Waals surface area contributed by atoms with Crippen LogP contribution in [-0.2, 0) is 4.74 Å². The van der Waals surface area contributed by atoms with Crippen molar-refractivity contribution in [1.82, 2.24) is 5.32 Å². The number of hydrogen-bond donors (Lipinski definition) is 2. The summed E-state index contributed by atoms with van der Waals surface area (Å²) in [6.07, 6.45) is 4.84. The highest BCUT2D eigenvalue weighted by Crippen LogP contribution is 2.17. The van der Waals surface area contributed by atoms with Gasteiger partial charge in [0, 0.05) is 25.2 Å². The summed E-state index contributed by atoms with van der Waals surface area (Å²) in [6.45, 7) is 2.94. The molecule has 78 valence electrons. The van der Waals surface area contributed by atoms with Crippen LogP contribution in [0.2, 0.25) is 0 Å². The molecule has 1 fully saturated rings. The van der Waals surface area contributed by atoms with Crippen LogP contribution in [0.25, 0.3) is 0 Å². The Morgan fingerprint density at radius 1 is 1.54 bits per heavy atom. The van der Waals surface area contributed by atoms with Gasteiger partial charge in [-0.25, -0.2) is 0 Å². The molecule has 3 nitrogen and oxygen atoms in total. The summed E-state index contributed by atoms with van der Waals surface area (Å²) >= 11 is 0. The molecule has 0 aliphatic heterocycles. The number of nitrogens with one attached hydrogen (secondary N) is 1. The van der Waals surface area contributed by atoms with Crippen molar-refractivity contribution in [3.05, 3.63) is 0 Å². The van der Waals surface area contributed by atoms with Crippen molar-refractivity contribution in [2.24, 2.45) is 5.73 Å². The molecule has 3 unspecified atom stereocenters. The SMILES string of the molecule is COCC(C)NC1CCCC(N)C1. The summed E-state index contributed by atoms with van der Waals surface area (Å²) in [6, 6.07) is 1.45. The van der Waals surface area contributed by atoms with Crippen LogP contribution < -0.4 is 11.1 Å². The first-order valence-electron chi connectivity index (χ1n) is 5.23. The predicted octanol–water partition coefficient (Wildman–Crippen LogP) is 0.881. The van der Waals surface area contributed by atoms with Crippen molar-refractivity contribution < 1.29 is 4.74 Å². The molecule has 0 heterocycles. The fourth-order valence-electron chi connectivity index (χ4n) is 2.08. The Morgan fingerprint density at radius 3 is 2.92 bits per heavy atom. The number of rotatable bonds is 4. The van der Waals surface area contributed by atoms with Gasteiger partial charge in [-0.15, -0.1) is 0 Å². The second kappa shape index (κ2) is 5.58. The summed E-state index contributed by atoms with van der Waals surface area (Å²) in [7, 11) is 1.74. The highest BCUT2D eigenvalue weighted by atomic mass is 16.5. The van der Waals surface area contributed by atoms with Crippen molar-refractivity contribution >= 4 is 0 Å². The molecule has 0 saturated heterocycles. The van der Waals surface area contributed by atoms with Crippen molar-refractivity contribution in [2.45, 2.75) is 50.7 Å². The third kappa shape index (κ3) is 4.07. The van der Waals surface area contributed by atoms with E-state index in [1.54, 1.807) is 7.11 Å². The molecule has 3 atom stereocenters. The molecule has 0 aromatic heterocycles. The van der Waals surface area contributed by atoms with Crippen molar-refractivity contribution in [3.63, 3.8) is 0 Å². The normalized spacial score (nSPS) is 31.6. The number of hydrogen-bond acceptors (Lipinski definition) is 3. The first kappa shape index (κ1) is 11.0. The van der Waals surface area contributed by atoms with Crippen LogP contribution in [0.5, 0.6) is 0 Å². The lowest BCUT2D eigenvalue weighted by atomic mass is 9.91. The Bertz CT molecular complexity index is 141. The smallest absolute Gasteiger partial charge is 0.0613 e. The molecule has 0 radical (unpaired) electrons. The first-order chi connectivity index (χ1) is 6.22. The van der Waals surface area contributed by atoms with E-state index in [1.807, 2.05) is 0 Å². The van der Waals surface area contributed by atoms with Gasteiger partial charge in [0.1, 0.15) is 0 Å². The zero-order valence-corrected chi connectivity index (χ0v) is 8.75. The molecule has 0 aromatic rings. The Kier molecular flexibility index (Phi) is 4.70. The predicted molar refractivity (Wildman–Crippen MR) is 54.7 cm³/mol. The van der Waals surface area contributed by atoms with Gasteiger partial charge in [0.05, 0.1) is 6.61 Å². The van der Waals surface area contributed by atoms with E-state index < -0.39 is 0 Å². The standard InChI is InChI=1S/C10H22N2O/c1-8(7-13-2)12-10-5-3-4-9(11)6-10/h8-10,12H,3-7,11H2,1-2H3. The Balaban J connectivity index is 2.19. The van der Waals surface area contributed by atoms with E-state index in [2.05, 4.69) is 12.2 Å². The van der Waals surface area contributed by atoms with Gasteiger partial charge in [-0.1, -0.05) is 6.42 Å². The molecule has 1 rings (SSSR count). The van der Waals surface area contributed by atoms with Gasteiger partial charge in [0.2, 0.25) is 0 Å². The van der Waals surface area contributed by atoms with Crippen LogP contribution in [0.15, 0.2) is 0 Å². The second-order valence-corrected chi connectivity index (χ2v) is 4.15. The summed E-state index contributed by atoms with van der Waals surface area (Å²) in [5.41, 5.74) is 5.90. The number of ether oxygens (including phenoxy) is 1. The zero-order valence-electron chi connectivity index (χ0n) is 8.75.